The van der Waals surface area contributed by atoms with Crippen molar-refractivity contribution in [3.05, 3.63) is 29.8 Å². The lowest BCUT2D eigenvalue weighted by Crippen LogP contribution is -2.89. The third kappa shape index (κ3) is 3.92. The van der Waals surface area contributed by atoms with E-state index in [9.17, 15) is 4.79 Å². The van der Waals surface area contributed by atoms with E-state index < -0.39 is 0 Å². The van der Waals surface area contributed by atoms with E-state index >= 15 is 0 Å². The van der Waals surface area contributed by atoms with Gasteiger partial charge in [0.05, 0.1) is 31.5 Å². The first-order chi connectivity index (χ1) is 10.0. The van der Waals surface area contributed by atoms with E-state index in [1.165, 1.54) is 5.56 Å². The van der Waals surface area contributed by atoms with E-state index in [0.717, 1.165) is 18.8 Å². The Labute approximate surface area is 131 Å². The molecule has 1 aliphatic heterocycles. The lowest BCUT2D eigenvalue weighted by atomic mass is 10.2. The summed E-state index contributed by atoms with van der Waals surface area (Å²) in [6, 6.07) is 8.60. The van der Waals surface area contributed by atoms with Crippen LogP contribution in [0.4, 0.5) is 0 Å². The Morgan fingerprint density at radius 3 is 2.57 bits per heavy atom. The standard InChI is InChI=1S/C16H24N2O2S/c1-11(2)17-9-10-18-15(19)12(3)21-16(18)13-5-7-14(20-4)8-6-13/h5-8,11-12,16-17H,9-10H2,1-4H3/p+1/t12-,16-/m1/s1. The summed E-state index contributed by atoms with van der Waals surface area (Å²) in [5, 5.41) is 2.43. The molecule has 21 heavy (non-hydrogen) atoms. The Morgan fingerprint density at radius 2 is 2.00 bits per heavy atom. The van der Waals surface area contributed by atoms with Gasteiger partial charge in [-0.05, 0) is 38.5 Å². The van der Waals surface area contributed by atoms with Crippen molar-refractivity contribution in [2.75, 3.05) is 20.2 Å². The molecule has 0 saturated carbocycles. The van der Waals surface area contributed by atoms with Crippen LogP contribution in [0.1, 0.15) is 31.7 Å². The van der Waals surface area contributed by atoms with E-state index in [-0.39, 0.29) is 16.5 Å². The number of quaternary nitrogens is 1. The average molecular weight is 309 g/mol. The number of carbonyl (C=O) groups excluding carboxylic acids is 1. The zero-order valence-corrected chi connectivity index (χ0v) is 14.0. The number of nitrogens with zero attached hydrogens (tertiary/aromatic N) is 1. The molecule has 1 saturated heterocycles. The zero-order chi connectivity index (χ0) is 15.4. The summed E-state index contributed by atoms with van der Waals surface area (Å²) in [6.45, 7) is 8.08. The maximum atomic E-state index is 12.4. The van der Waals surface area contributed by atoms with Gasteiger partial charge in [-0.15, -0.1) is 11.8 Å². The fraction of sp³-hybridized carbons (Fsp3) is 0.562. The monoisotopic (exact) mass is 309 g/mol. The van der Waals surface area contributed by atoms with Crippen molar-refractivity contribution in [2.24, 2.45) is 0 Å². The first-order valence-corrected chi connectivity index (χ1v) is 8.40. The summed E-state index contributed by atoms with van der Waals surface area (Å²) in [7, 11) is 1.67. The molecule has 1 amide bonds. The maximum Gasteiger partial charge on any atom is 0.236 e. The first-order valence-electron chi connectivity index (χ1n) is 7.46. The van der Waals surface area contributed by atoms with Crippen molar-refractivity contribution >= 4 is 17.7 Å². The zero-order valence-electron chi connectivity index (χ0n) is 13.2. The lowest BCUT2D eigenvalue weighted by Gasteiger charge is -2.24. The minimum Gasteiger partial charge on any atom is -0.497 e. The molecule has 0 unspecified atom stereocenters. The molecule has 0 radical (unpaired) electrons. The van der Waals surface area contributed by atoms with Gasteiger partial charge in [-0.2, -0.15) is 0 Å². The molecule has 1 fully saturated rings. The van der Waals surface area contributed by atoms with Crippen molar-refractivity contribution in [3.63, 3.8) is 0 Å². The van der Waals surface area contributed by atoms with Crippen LogP contribution in [-0.4, -0.2) is 42.3 Å². The van der Waals surface area contributed by atoms with Crippen LogP contribution in [0.15, 0.2) is 24.3 Å². The summed E-state index contributed by atoms with van der Waals surface area (Å²) in [4.78, 5) is 14.4. The van der Waals surface area contributed by atoms with Crippen molar-refractivity contribution in [1.82, 2.24) is 4.90 Å². The Hall–Kier alpha value is -1.20. The van der Waals surface area contributed by atoms with E-state index in [0.29, 0.717) is 6.04 Å². The van der Waals surface area contributed by atoms with Gasteiger partial charge in [0, 0.05) is 0 Å². The topological polar surface area (TPSA) is 46.1 Å². The van der Waals surface area contributed by atoms with Gasteiger partial charge in [-0.25, -0.2) is 0 Å². The van der Waals surface area contributed by atoms with Crippen LogP contribution >= 0.6 is 11.8 Å². The predicted molar refractivity (Wildman–Crippen MR) is 86.4 cm³/mol. The van der Waals surface area contributed by atoms with Crippen LogP contribution in [0.2, 0.25) is 0 Å². The number of amides is 1. The number of carbonyl (C=O) groups is 1. The van der Waals surface area contributed by atoms with Gasteiger partial charge in [0.2, 0.25) is 5.91 Å². The molecule has 0 spiro atoms. The number of rotatable bonds is 6. The predicted octanol–water partition coefficient (Wildman–Crippen LogP) is 1.63. The molecule has 4 nitrogen and oxygen atoms in total. The number of ether oxygens (including phenoxy) is 1. The number of thioether (sulfide) groups is 1. The highest BCUT2D eigenvalue weighted by molar-refractivity contribution is 8.01. The highest BCUT2D eigenvalue weighted by atomic mass is 32.2. The fourth-order valence-corrected chi connectivity index (χ4v) is 3.78. The second-order valence-electron chi connectivity index (χ2n) is 5.70. The largest absolute Gasteiger partial charge is 0.497 e. The Morgan fingerprint density at radius 1 is 1.33 bits per heavy atom. The van der Waals surface area contributed by atoms with Crippen LogP contribution in [0, 0.1) is 0 Å². The minimum absolute atomic E-state index is 0.0381. The van der Waals surface area contributed by atoms with Gasteiger partial charge in [-0.1, -0.05) is 12.1 Å². The van der Waals surface area contributed by atoms with E-state index in [1.54, 1.807) is 18.9 Å². The summed E-state index contributed by atoms with van der Waals surface area (Å²) in [5.41, 5.74) is 1.17. The van der Waals surface area contributed by atoms with Crippen LogP contribution in [-0.2, 0) is 4.79 Å². The highest BCUT2D eigenvalue weighted by Crippen LogP contribution is 2.42. The SMILES string of the molecule is COc1ccc([C@H]2S[C@H](C)C(=O)N2CC[NH2+]C(C)C)cc1. The molecular weight excluding hydrogens is 284 g/mol. The van der Waals surface area contributed by atoms with E-state index in [2.05, 4.69) is 31.3 Å². The van der Waals surface area contributed by atoms with Crippen molar-refractivity contribution in [1.29, 1.82) is 0 Å². The first kappa shape index (κ1) is 16.2. The summed E-state index contributed by atoms with van der Waals surface area (Å²) in [6.07, 6.45) is 0. The van der Waals surface area contributed by atoms with Crippen LogP contribution in [0.25, 0.3) is 0 Å². The summed E-state index contributed by atoms with van der Waals surface area (Å²) in [5.74, 6) is 1.10. The molecular formula is C16H25N2O2S+. The molecule has 1 heterocycles. The van der Waals surface area contributed by atoms with Gasteiger partial charge in [0.1, 0.15) is 11.1 Å². The third-order valence-electron chi connectivity index (χ3n) is 3.66. The van der Waals surface area contributed by atoms with Crippen molar-refractivity contribution < 1.29 is 14.8 Å². The maximum absolute atomic E-state index is 12.4. The van der Waals surface area contributed by atoms with E-state index in [4.69, 9.17) is 4.74 Å². The molecule has 1 aromatic carbocycles. The summed E-state index contributed by atoms with van der Waals surface area (Å²) < 4.78 is 5.20. The minimum atomic E-state index is 0.0381. The molecule has 0 aromatic heterocycles. The quantitative estimate of drug-likeness (QED) is 0.869. The Kier molecular flexibility index (Phi) is 5.53. The van der Waals surface area contributed by atoms with Crippen LogP contribution in [0.3, 0.4) is 0 Å². The highest BCUT2D eigenvalue weighted by Gasteiger charge is 2.38. The normalized spacial score (nSPS) is 22.1. The van der Waals surface area contributed by atoms with Crippen molar-refractivity contribution in [2.45, 2.75) is 37.4 Å². The number of benzene rings is 1. The third-order valence-corrected chi connectivity index (χ3v) is 5.05. The second-order valence-corrected chi connectivity index (χ2v) is 7.13. The van der Waals surface area contributed by atoms with Crippen LogP contribution in [0.5, 0.6) is 5.75 Å². The molecule has 2 N–H and O–H groups in total. The average Bonchev–Trinajstić information content (AvgIpc) is 2.75. The number of nitrogens with two attached hydrogens (primary N) is 1. The lowest BCUT2D eigenvalue weighted by molar-refractivity contribution is -0.682. The fourth-order valence-electron chi connectivity index (χ4n) is 2.48. The summed E-state index contributed by atoms with van der Waals surface area (Å²) >= 11 is 1.73. The molecule has 2 rings (SSSR count). The molecule has 0 bridgehead atoms. The molecule has 0 aliphatic carbocycles. The molecule has 116 valence electrons. The van der Waals surface area contributed by atoms with Gasteiger partial charge in [0.25, 0.3) is 0 Å². The molecule has 1 aliphatic rings. The molecule has 5 heteroatoms. The number of methoxy groups -OCH3 is 1. The van der Waals surface area contributed by atoms with Crippen LogP contribution < -0.4 is 10.1 Å². The smallest absolute Gasteiger partial charge is 0.236 e. The number of hydrogen-bond acceptors (Lipinski definition) is 3. The molecule has 1 aromatic rings. The van der Waals surface area contributed by atoms with Gasteiger partial charge >= 0.3 is 0 Å². The number of hydrogen-bond donors (Lipinski definition) is 1. The van der Waals surface area contributed by atoms with E-state index in [1.807, 2.05) is 24.0 Å². The Bertz CT molecular complexity index is 476. The van der Waals surface area contributed by atoms with Gasteiger partial charge in [-0.3, -0.25) is 4.79 Å². The van der Waals surface area contributed by atoms with Gasteiger partial charge < -0.3 is 15.0 Å². The molecule has 2 atom stereocenters. The van der Waals surface area contributed by atoms with Gasteiger partial charge in [0.15, 0.2) is 0 Å². The second kappa shape index (κ2) is 7.18. The van der Waals surface area contributed by atoms with Crippen molar-refractivity contribution in [3.8, 4) is 5.75 Å². The Balaban J connectivity index is 2.09.